The second kappa shape index (κ2) is 6.44. The van der Waals surface area contributed by atoms with Crippen molar-refractivity contribution in [1.29, 1.82) is 5.26 Å². The lowest BCUT2D eigenvalue weighted by atomic mass is 10.1. The lowest BCUT2D eigenvalue weighted by Gasteiger charge is -2.00. The predicted molar refractivity (Wildman–Crippen MR) is 82.0 cm³/mol. The Morgan fingerprint density at radius 3 is 1.80 bits per heavy atom. The maximum Gasteiger partial charge on any atom is 0.0991 e. The standard InChI is InChI=1S/C17H15N3/c1-13(16-6-4-3-5-7-16)19-20-14(2)17-10-8-15(12-18)9-11-17/h3-11H,1-2H3/b19-13+,20-14+. The van der Waals surface area contributed by atoms with Crippen LogP contribution in [0, 0.1) is 11.3 Å². The van der Waals surface area contributed by atoms with Gasteiger partial charge in [-0.3, -0.25) is 0 Å². The molecule has 0 saturated carbocycles. The van der Waals surface area contributed by atoms with Crippen LogP contribution in [0.5, 0.6) is 0 Å². The van der Waals surface area contributed by atoms with Crippen LogP contribution in [0.4, 0.5) is 0 Å². The summed E-state index contributed by atoms with van der Waals surface area (Å²) >= 11 is 0. The average molecular weight is 261 g/mol. The molecule has 2 aromatic rings. The third-order valence-corrected chi connectivity index (χ3v) is 2.97. The monoisotopic (exact) mass is 261 g/mol. The summed E-state index contributed by atoms with van der Waals surface area (Å²) in [5.74, 6) is 0. The van der Waals surface area contributed by atoms with Crippen LogP contribution in [0.2, 0.25) is 0 Å². The van der Waals surface area contributed by atoms with Crippen molar-refractivity contribution in [3.8, 4) is 6.07 Å². The van der Waals surface area contributed by atoms with E-state index in [0.717, 1.165) is 22.6 Å². The fourth-order valence-corrected chi connectivity index (χ4v) is 1.73. The Balaban J connectivity index is 2.20. The third-order valence-electron chi connectivity index (χ3n) is 2.97. The highest BCUT2D eigenvalue weighted by atomic mass is 15.2. The Labute approximate surface area is 118 Å². The van der Waals surface area contributed by atoms with Gasteiger partial charge in [-0.1, -0.05) is 42.5 Å². The van der Waals surface area contributed by atoms with E-state index in [1.165, 1.54) is 0 Å². The van der Waals surface area contributed by atoms with Crippen molar-refractivity contribution in [2.45, 2.75) is 13.8 Å². The molecule has 2 aromatic carbocycles. The maximum absolute atomic E-state index is 8.77. The van der Waals surface area contributed by atoms with Crippen molar-refractivity contribution >= 4 is 11.4 Å². The molecule has 3 heteroatoms. The molecule has 2 rings (SSSR count). The quantitative estimate of drug-likeness (QED) is 0.612. The molecule has 0 radical (unpaired) electrons. The Morgan fingerprint density at radius 1 is 0.800 bits per heavy atom. The Kier molecular flexibility index (Phi) is 4.41. The van der Waals surface area contributed by atoms with Crippen LogP contribution in [-0.2, 0) is 0 Å². The number of rotatable bonds is 3. The van der Waals surface area contributed by atoms with Crippen LogP contribution in [0.25, 0.3) is 0 Å². The van der Waals surface area contributed by atoms with Gasteiger partial charge in [-0.2, -0.15) is 15.5 Å². The summed E-state index contributed by atoms with van der Waals surface area (Å²) in [5, 5.41) is 17.3. The van der Waals surface area contributed by atoms with Gasteiger partial charge in [0.25, 0.3) is 0 Å². The van der Waals surface area contributed by atoms with Crippen molar-refractivity contribution in [2.75, 3.05) is 0 Å². The maximum atomic E-state index is 8.77. The smallest absolute Gasteiger partial charge is 0.0991 e. The van der Waals surface area contributed by atoms with Crippen molar-refractivity contribution in [3.63, 3.8) is 0 Å². The summed E-state index contributed by atoms with van der Waals surface area (Å²) in [7, 11) is 0. The fourth-order valence-electron chi connectivity index (χ4n) is 1.73. The minimum absolute atomic E-state index is 0.644. The average Bonchev–Trinajstić information content (AvgIpc) is 2.53. The summed E-state index contributed by atoms with van der Waals surface area (Å²) in [5.41, 5.74) is 4.37. The molecule has 0 spiro atoms. The molecule has 0 unspecified atom stereocenters. The molecule has 0 aliphatic carbocycles. The summed E-state index contributed by atoms with van der Waals surface area (Å²) in [4.78, 5) is 0. The van der Waals surface area contributed by atoms with E-state index in [-0.39, 0.29) is 0 Å². The fraction of sp³-hybridized carbons (Fsp3) is 0.118. The zero-order valence-corrected chi connectivity index (χ0v) is 11.5. The number of benzene rings is 2. The van der Waals surface area contributed by atoms with Crippen LogP contribution < -0.4 is 0 Å². The predicted octanol–water partition coefficient (Wildman–Crippen LogP) is 3.79. The molecule has 0 aliphatic rings. The van der Waals surface area contributed by atoms with Crippen LogP contribution >= 0.6 is 0 Å². The van der Waals surface area contributed by atoms with Gasteiger partial charge < -0.3 is 0 Å². The first-order chi connectivity index (χ1) is 9.70. The molecule has 0 bridgehead atoms. The van der Waals surface area contributed by atoms with Gasteiger partial charge in [0, 0.05) is 0 Å². The molecule has 98 valence electrons. The normalized spacial score (nSPS) is 12.1. The van der Waals surface area contributed by atoms with E-state index in [1.807, 2.05) is 56.3 Å². The lowest BCUT2D eigenvalue weighted by Crippen LogP contribution is -1.96. The molecule has 20 heavy (non-hydrogen) atoms. The molecule has 0 aromatic heterocycles. The number of hydrogen-bond acceptors (Lipinski definition) is 3. The Hall–Kier alpha value is -2.73. The van der Waals surface area contributed by atoms with Crippen molar-refractivity contribution < 1.29 is 0 Å². The van der Waals surface area contributed by atoms with Gasteiger partial charge in [0.05, 0.1) is 23.1 Å². The molecule has 3 nitrogen and oxygen atoms in total. The molecular formula is C17H15N3. The lowest BCUT2D eigenvalue weighted by molar-refractivity contribution is 1.22. The zero-order chi connectivity index (χ0) is 14.4. The first-order valence-corrected chi connectivity index (χ1v) is 6.35. The molecule has 0 fully saturated rings. The summed E-state index contributed by atoms with van der Waals surface area (Å²) < 4.78 is 0. The number of hydrogen-bond donors (Lipinski definition) is 0. The van der Waals surface area contributed by atoms with E-state index < -0.39 is 0 Å². The molecule has 0 N–H and O–H groups in total. The largest absolute Gasteiger partial charge is 0.192 e. The summed E-state index contributed by atoms with van der Waals surface area (Å²) in [6, 6.07) is 19.4. The van der Waals surface area contributed by atoms with E-state index in [0.29, 0.717) is 5.56 Å². The van der Waals surface area contributed by atoms with E-state index >= 15 is 0 Å². The van der Waals surface area contributed by atoms with Crippen molar-refractivity contribution in [1.82, 2.24) is 0 Å². The highest BCUT2D eigenvalue weighted by Crippen LogP contribution is 2.06. The Bertz CT molecular complexity index is 674. The highest BCUT2D eigenvalue weighted by molar-refractivity contribution is 6.01. The van der Waals surface area contributed by atoms with Crippen molar-refractivity contribution in [2.24, 2.45) is 10.2 Å². The third kappa shape index (κ3) is 3.39. The van der Waals surface area contributed by atoms with E-state index in [4.69, 9.17) is 5.26 Å². The first kappa shape index (κ1) is 13.7. The minimum Gasteiger partial charge on any atom is -0.192 e. The molecule has 0 atom stereocenters. The number of nitriles is 1. The van der Waals surface area contributed by atoms with Gasteiger partial charge in [0.2, 0.25) is 0 Å². The van der Waals surface area contributed by atoms with Gasteiger partial charge in [-0.25, -0.2) is 0 Å². The summed E-state index contributed by atoms with van der Waals surface area (Å²) in [6.07, 6.45) is 0. The molecule has 0 aliphatic heterocycles. The molecule has 0 amide bonds. The topological polar surface area (TPSA) is 48.5 Å². The van der Waals surface area contributed by atoms with E-state index in [9.17, 15) is 0 Å². The van der Waals surface area contributed by atoms with Crippen LogP contribution in [0.1, 0.15) is 30.5 Å². The van der Waals surface area contributed by atoms with Gasteiger partial charge in [0.15, 0.2) is 0 Å². The second-order valence-corrected chi connectivity index (χ2v) is 4.43. The van der Waals surface area contributed by atoms with E-state index in [2.05, 4.69) is 16.3 Å². The highest BCUT2D eigenvalue weighted by Gasteiger charge is 1.98. The molecule has 0 heterocycles. The summed E-state index contributed by atoms with van der Waals surface area (Å²) in [6.45, 7) is 3.84. The molecular weight excluding hydrogens is 246 g/mol. The van der Waals surface area contributed by atoms with Crippen molar-refractivity contribution in [3.05, 3.63) is 71.3 Å². The van der Waals surface area contributed by atoms with Gasteiger partial charge in [0.1, 0.15) is 0 Å². The number of nitrogens with zero attached hydrogens (tertiary/aromatic N) is 3. The van der Waals surface area contributed by atoms with E-state index in [1.54, 1.807) is 12.1 Å². The zero-order valence-electron chi connectivity index (χ0n) is 11.5. The van der Waals surface area contributed by atoms with Crippen LogP contribution in [0.3, 0.4) is 0 Å². The Morgan fingerprint density at radius 2 is 1.30 bits per heavy atom. The van der Waals surface area contributed by atoms with Gasteiger partial charge >= 0.3 is 0 Å². The molecule has 0 saturated heterocycles. The second-order valence-electron chi connectivity index (χ2n) is 4.43. The van der Waals surface area contributed by atoms with Crippen LogP contribution in [-0.4, -0.2) is 11.4 Å². The van der Waals surface area contributed by atoms with Gasteiger partial charge in [-0.05, 0) is 37.1 Å². The van der Waals surface area contributed by atoms with Crippen LogP contribution in [0.15, 0.2) is 64.8 Å². The van der Waals surface area contributed by atoms with Gasteiger partial charge in [-0.15, -0.1) is 0 Å². The minimum atomic E-state index is 0.644. The first-order valence-electron chi connectivity index (χ1n) is 6.35. The SMILES string of the molecule is C/C(=N\N=C(/C)c1ccc(C#N)cc1)c1ccccc1.